The van der Waals surface area contributed by atoms with Crippen molar-refractivity contribution in [3.8, 4) is 29.0 Å². The minimum atomic E-state index is -0.702. The highest BCUT2D eigenvalue weighted by molar-refractivity contribution is 7.98. The Morgan fingerprint density at radius 2 is 1.85 bits per heavy atom. The number of thiazole rings is 1. The molecule has 1 aliphatic rings. The maximum atomic E-state index is 13.2. The van der Waals surface area contributed by atoms with Gasteiger partial charge in [-0.05, 0) is 42.0 Å². The van der Waals surface area contributed by atoms with E-state index < -0.39 is 12.2 Å². The Morgan fingerprint density at radius 1 is 1.10 bits per heavy atom. The van der Waals surface area contributed by atoms with E-state index in [1.165, 1.54) is 35.2 Å². The van der Waals surface area contributed by atoms with Gasteiger partial charge in [0.25, 0.3) is 0 Å². The zero-order valence-electron chi connectivity index (χ0n) is 20.3. The van der Waals surface area contributed by atoms with Gasteiger partial charge in [0.2, 0.25) is 0 Å². The largest absolute Gasteiger partial charge is 0.485 e. The number of nitrogens with two attached hydrogens (primary N) is 1. The predicted octanol–water partition coefficient (Wildman–Crippen LogP) is 4.84. The van der Waals surface area contributed by atoms with Gasteiger partial charge in [0, 0.05) is 22.4 Å². The normalized spacial score (nSPS) is 16.4. The fourth-order valence-corrected chi connectivity index (χ4v) is 5.66. The average Bonchev–Trinajstić information content (AvgIpc) is 3.57. The van der Waals surface area contributed by atoms with Crippen LogP contribution in [0.25, 0.3) is 11.1 Å². The van der Waals surface area contributed by atoms with E-state index in [0.717, 1.165) is 5.69 Å². The first-order valence-electron chi connectivity index (χ1n) is 11.7. The molecule has 39 heavy (non-hydrogen) atoms. The summed E-state index contributed by atoms with van der Waals surface area (Å²) in [4.78, 5) is 8.90. The molecule has 0 saturated carbocycles. The molecule has 1 aliphatic heterocycles. The number of thioether (sulfide) groups is 1. The minimum absolute atomic E-state index is 0.0255. The molecular formula is C27H21FN6O3S2. The number of anilines is 3. The van der Waals surface area contributed by atoms with Crippen molar-refractivity contribution >= 4 is 39.7 Å². The van der Waals surface area contributed by atoms with Crippen LogP contribution in [-0.4, -0.2) is 40.5 Å². The number of benzene rings is 2. The molecule has 0 aliphatic carbocycles. The summed E-state index contributed by atoms with van der Waals surface area (Å²) >= 11 is 2.69. The highest BCUT2D eigenvalue weighted by Crippen LogP contribution is 2.37. The van der Waals surface area contributed by atoms with E-state index in [-0.39, 0.29) is 29.4 Å². The molecule has 2 aromatic heterocycles. The van der Waals surface area contributed by atoms with Crippen LogP contribution in [-0.2, 0) is 10.5 Å². The first-order chi connectivity index (χ1) is 18.9. The number of nitrogen functional groups attached to an aromatic ring is 1. The third-order valence-corrected chi connectivity index (χ3v) is 7.67. The SMILES string of the molecule is N#Cc1c(N)nc(SCc2csc(Nc3ccc(F)cc3)n2)c(C#N)c1-c1ccc(O[C@@H]2COC[C@H]2O)cc1. The Labute approximate surface area is 231 Å². The van der Waals surface area contributed by atoms with Crippen LogP contribution >= 0.6 is 23.1 Å². The van der Waals surface area contributed by atoms with Gasteiger partial charge in [0.1, 0.15) is 52.3 Å². The van der Waals surface area contributed by atoms with Crippen molar-refractivity contribution in [3.63, 3.8) is 0 Å². The van der Waals surface area contributed by atoms with Crippen LogP contribution in [0.3, 0.4) is 0 Å². The van der Waals surface area contributed by atoms with E-state index in [4.69, 9.17) is 15.2 Å². The third-order valence-electron chi connectivity index (χ3n) is 5.85. The number of nitrogens with zero attached hydrogens (tertiary/aromatic N) is 4. The summed E-state index contributed by atoms with van der Waals surface area (Å²) < 4.78 is 24.2. The van der Waals surface area contributed by atoms with Crippen LogP contribution in [0.5, 0.6) is 5.75 Å². The first-order valence-corrected chi connectivity index (χ1v) is 13.6. The highest BCUT2D eigenvalue weighted by Gasteiger charge is 2.28. The molecular weight excluding hydrogens is 539 g/mol. The number of aromatic nitrogens is 2. The number of nitriles is 2. The number of aliphatic hydroxyl groups excluding tert-OH is 1. The molecule has 196 valence electrons. The van der Waals surface area contributed by atoms with Gasteiger partial charge < -0.3 is 25.6 Å². The minimum Gasteiger partial charge on any atom is -0.485 e. The summed E-state index contributed by atoms with van der Waals surface area (Å²) in [5.41, 5.74) is 8.96. The van der Waals surface area contributed by atoms with E-state index in [9.17, 15) is 20.0 Å². The van der Waals surface area contributed by atoms with E-state index in [1.807, 2.05) is 5.38 Å². The van der Waals surface area contributed by atoms with Crippen molar-refractivity contribution in [3.05, 3.63) is 76.5 Å². The van der Waals surface area contributed by atoms with E-state index >= 15 is 0 Å². The Morgan fingerprint density at radius 3 is 2.51 bits per heavy atom. The summed E-state index contributed by atoms with van der Waals surface area (Å²) in [7, 11) is 0. The number of aliphatic hydroxyl groups is 1. The number of hydrogen-bond donors (Lipinski definition) is 3. The molecule has 2 atom stereocenters. The maximum Gasteiger partial charge on any atom is 0.187 e. The van der Waals surface area contributed by atoms with Crippen molar-refractivity contribution in [1.82, 2.24) is 9.97 Å². The van der Waals surface area contributed by atoms with Gasteiger partial charge >= 0.3 is 0 Å². The van der Waals surface area contributed by atoms with Gasteiger partial charge in [0.05, 0.1) is 24.5 Å². The van der Waals surface area contributed by atoms with Crippen molar-refractivity contribution in [2.24, 2.45) is 0 Å². The van der Waals surface area contributed by atoms with Crippen molar-refractivity contribution in [2.75, 3.05) is 24.3 Å². The Balaban J connectivity index is 1.36. The average molecular weight is 561 g/mol. The molecule has 0 bridgehead atoms. The zero-order chi connectivity index (χ0) is 27.4. The van der Waals surface area contributed by atoms with Crippen molar-refractivity contribution < 1.29 is 19.0 Å². The molecule has 1 saturated heterocycles. The molecule has 4 N–H and O–H groups in total. The van der Waals surface area contributed by atoms with E-state index in [1.54, 1.807) is 36.4 Å². The second-order valence-electron chi connectivity index (χ2n) is 8.50. The lowest BCUT2D eigenvalue weighted by atomic mass is 9.97. The summed E-state index contributed by atoms with van der Waals surface area (Å²) in [5, 5.41) is 35.8. The van der Waals surface area contributed by atoms with Crippen LogP contribution in [0.1, 0.15) is 16.8 Å². The smallest absolute Gasteiger partial charge is 0.187 e. The van der Waals surface area contributed by atoms with Crippen molar-refractivity contribution in [1.29, 1.82) is 10.5 Å². The summed E-state index contributed by atoms with van der Waals surface area (Å²) in [6.45, 7) is 0.522. The molecule has 0 spiro atoms. The Bertz CT molecular complexity index is 1560. The van der Waals surface area contributed by atoms with Crippen LogP contribution in [0.4, 0.5) is 21.0 Å². The number of halogens is 1. The molecule has 9 nitrogen and oxygen atoms in total. The predicted molar refractivity (Wildman–Crippen MR) is 146 cm³/mol. The standard InChI is InChI=1S/C27H21FN6O3S2/c28-16-3-5-17(6-4-16)32-27-33-18(14-39-27)13-38-26-21(10-30)24(20(9-29)25(31)34-26)15-1-7-19(8-2-15)37-23-12-36-11-22(23)35/h1-8,14,22-23,35H,11-13H2,(H2,31,34)(H,32,33)/t22-,23-/m1/s1. The van der Waals surface area contributed by atoms with Gasteiger partial charge in [-0.2, -0.15) is 10.5 Å². The van der Waals surface area contributed by atoms with Crippen LogP contribution in [0.2, 0.25) is 0 Å². The molecule has 5 rings (SSSR count). The van der Waals surface area contributed by atoms with E-state index in [0.29, 0.717) is 45.1 Å². The Hall–Kier alpha value is -4.20. The monoisotopic (exact) mass is 560 g/mol. The first kappa shape index (κ1) is 26.4. The van der Waals surface area contributed by atoms with Crippen LogP contribution in [0.15, 0.2) is 58.9 Å². The fourth-order valence-electron chi connectivity index (χ4n) is 3.93. The lowest BCUT2D eigenvalue weighted by molar-refractivity contribution is 0.0733. The third kappa shape index (κ3) is 5.95. The number of rotatable bonds is 8. The number of ether oxygens (including phenoxy) is 2. The molecule has 3 heterocycles. The number of nitrogens with one attached hydrogen (secondary N) is 1. The maximum absolute atomic E-state index is 13.2. The summed E-state index contributed by atoms with van der Waals surface area (Å²) in [6, 6.07) is 17.1. The van der Waals surface area contributed by atoms with Crippen LogP contribution < -0.4 is 15.8 Å². The zero-order valence-corrected chi connectivity index (χ0v) is 21.9. The number of pyridine rings is 1. The molecule has 4 aromatic rings. The molecule has 0 radical (unpaired) electrons. The lowest BCUT2D eigenvalue weighted by Crippen LogP contribution is -2.29. The van der Waals surface area contributed by atoms with Crippen molar-refractivity contribution in [2.45, 2.75) is 23.0 Å². The highest BCUT2D eigenvalue weighted by atomic mass is 32.2. The molecule has 2 aromatic carbocycles. The fraction of sp³-hybridized carbons (Fsp3) is 0.185. The molecule has 0 unspecified atom stereocenters. The van der Waals surface area contributed by atoms with Gasteiger partial charge in [-0.25, -0.2) is 14.4 Å². The quantitative estimate of drug-likeness (QED) is 0.255. The van der Waals surface area contributed by atoms with Gasteiger partial charge in [0.15, 0.2) is 5.13 Å². The van der Waals surface area contributed by atoms with Crippen LogP contribution in [0, 0.1) is 28.5 Å². The lowest BCUT2D eigenvalue weighted by Gasteiger charge is -2.16. The molecule has 12 heteroatoms. The topological polar surface area (TPSA) is 150 Å². The van der Waals surface area contributed by atoms with Gasteiger partial charge in [-0.3, -0.25) is 0 Å². The molecule has 1 fully saturated rings. The molecule has 0 amide bonds. The van der Waals surface area contributed by atoms with Gasteiger partial charge in [-0.15, -0.1) is 11.3 Å². The second kappa shape index (κ2) is 11.7. The second-order valence-corrected chi connectivity index (χ2v) is 10.3. The summed E-state index contributed by atoms with van der Waals surface area (Å²) in [6.07, 6.45) is -1.16. The van der Waals surface area contributed by atoms with Gasteiger partial charge in [-0.1, -0.05) is 23.9 Å². The van der Waals surface area contributed by atoms with E-state index in [2.05, 4.69) is 27.4 Å². The number of hydrogen-bond acceptors (Lipinski definition) is 11. The summed E-state index contributed by atoms with van der Waals surface area (Å²) in [5.74, 6) is 0.641. The Kier molecular flexibility index (Phi) is 7.91.